The number of aromatic hydroxyl groups is 1. The molecule has 0 unspecified atom stereocenters. The molecule has 0 saturated heterocycles. The number of phenols is 1. The van der Waals surface area contributed by atoms with Gasteiger partial charge in [0.05, 0.1) is 0 Å². The Morgan fingerprint density at radius 2 is 1.29 bits per heavy atom. The summed E-state index contributed by atoms with van der Waals surface area (Å²) in [5.41, 5.74) is 9.76. The first-order valence-electron chi connectivity index (χ1n) is 7.27. The lowest BCUT2D eigenvalue weighted by molar-refractivity contribution is 0.475. The number of benzene rings is 1. The number of aryl methyl sites for hydroxylation is 4. The quantitative estimate of drug-likeness (QED) is 0.631. The molecule has 0 aromatic heterocycles. The molecule has 0 amide bonds. The molecular weight excluding hydrogens is 256 g/mol. The summed E-state index contributed by atoms with van der Waals surface area (Å²) in [6, 6.07) is 14.6. The van der Waals surface area contributed by atoms with E-state index in [1.54, 1.807) is 6.07 Å². The van der Waals surface area contributed by atoms with Gasteiger partial charge in [0.1, 0.15) is 5.75 Å². The van der Waals surface area contributed by atoms with E-state index < -0.39 is 0 Å². The van der Waals surface area contributed by atoms with E-state index in [1.807, 2.05) is 13.0 Å². The van der Waals surface area contributed by atoms with E-state index in [0.29, 0.717) is 5.75 Å². The van der Waals surface area contributed by atoms with E-state index in [-0.39, 0.29) is 0 Å². The van der Waals surface area contributed by atoms with Crippen LogP contribution in [0.3, 0.4) is 0 Å². The fourth-order valence-corrected chi connectivity index (χ4v) is 3.27. The van der Waals surface area contributed by atoms with Gasteiger partial charge in [0, 0.05) is 0 Å². The van der Waals surface area contributed by atoms with Crippen molar-refractivity contribution in [1.82, 2.24) is 0 Å². The Kier molecular flexibility index (Phi) is 3.21. The van der Waals surface area contributed by atoms with E-state index in [0.717, 1.165) is 11.1 Å². The second-order valence-electron chi connectivity index (χ2n) is 5.99. The minimum absolute atomic E-state index is 0.324. The number of fused-ring (bicyclic) bond motifs is 1. The highest BCUT2D eigenvalue weighted by Gasteiger charge is 2.15. The molecule has 0 radical (unpaired) electrons. The molecule has 1 heteroatoms. The topological polar surface area (TPSA) is 20.2 Å². The first-order chi connectivity index (χ1) is 9.95. The third-order valence-electron chi connectivity index (χ3n) is 4.04. The summed E-state index contributed by atoms with van der Waals surface area (Å²) in [5, 5.41) is 9.88. The highest BCUT2D eigenvalue weighted by Crippen LogP contribution is 2.40. The van der Waals surface area contributed by atoms with Gasteiger partial charge in [-0.3, -0.25) is 0 Å². The lowest BCUT2D eigenvalue weighted by atomic mass is 9.96. The molecule has 0 saturated carbocycles. The zero-order valence-electron chi connectivity index (χ0n) is 13.0. The van der Waals surface area contributed by atoms with Gasteiger partial charge in [0.25, 0.3) is 0 Å². The van der Waals surface area contributed by atoms with Gasteiger partial charge in [-0.05, 0) is 78.8 Å². The summed E-state index contributed by atoms with van der Waals surface area (Å²) >= 11 is 0. The molecule has 106 valence electrons. The lowest BCUT2D eigenvalue weighted by Gasteiger charge is -2.08. The first-order valence-corrected chi connectivity index (χ1v) is 7.27. The van der Waals surface area contributed by atoms with E-state index in [1.165, 1.54) is 33.4 Å². The Bertz CT molecular complexity index is 779. The van der Waals surface area contributed by atoms with Crippen LogP contribution < -0.4 is 0 Å². The normalized spacial score (nSPS) is 11.0. The molecule has 1 aromatic carbocycles. The van der Waals surface area contributed by atoms with Crippen LogP contribution in [0.5, 0.6) is 5.75 Å². The van der Waals surface area contributed by atoms with Crippen molar-refractivity contribution in [3.63, 3.8) is 0 Å². The zero-order chi connectivity index (χ0) is 15.1. The van der Waals surface area contributed by atoms with Crippen LogP contribution in [-0.2, 0) is 0 Å². The van der Waals surface area contributed by atoms with Crippen LogP contribution in [0.4, 0.5) is 0 Å². The summed E-state index contributed by atoms with van der Waals surface area (Å²) in [6.45, 7) is 8.47. The Labute approximate surface area is 126 Å². The van der Waals surface area contributed by atoms with Crippen LogP contribution in [-0.4, -0.2) is 5.11 Å². The van der Waals surface area contributed by atoms with E-state index >= 15 is 0 Å². The second kappa shape index (κ2) is 4.92. The summed E-state index contributed by atoms with van der Waals surface area (Å²) in [4.78, 5) is 0. The van der Waals surface area contributed by atoms with Gasteiger partial charge in [-0.1, -0.05) is 35.9 Å². The minimum Gasteiger partial charge on any atom is -0.508 e. The average molecular weight is 276 g/mol. The predicted octanol–water partition coefficient (Wildman–Crippen LogP) is 5.40. The second-order valence-corrected chi connectivity index (χ2v) is 5.99. The first kappa shape index (κ1) is 13.7. The predicted molar refractivity (Wildman–Crippen MR) is 89.1 cm³/mol. The van der Waals surface area contributed by atoms with E-state index in [9.17, 15) is 5.11 Å². The maximum Gasteiger partial charge on any atom is 0.116 e. The SMILES string of the molecule is Cc1cc(O)cc(-c2ccc3c(C)cc(C)cc(C)c2-3)c1. The molecule has 21 heavy (non-hydrogen) atoms. The molecule has 0 heterocycles. The summed E-state index contributed by atoms with van der Waals surface area (Å²) in [6.07, 6.45) is 0. The highest BCUT2D eigenvalue weighted by molar-refractivity contribution is 5.90. The van der Waals surface area contributed by atoms with E-state index in [4.69, 9.17) is 0 Å². The maximum absolute atomic E-state index is 9.88. The Hall–Kier alpha value is -2.28. The van der Waals surface area contributed by atoms with Gasteiger partial charge in [0.15, 0.2) is 0 Å². The van der Waals surface area contributed by atoms with Crippen molar-refractivity contribution in [2.75, 3.05) is 0 Å². The summed E-state index contributed by atoms with van der Waals surface area (Å²) in [7, 11) is 0. The molecule has 1 N–H and O–H groups in total. The average Bonchev–Trinajstić information content (AvgIpc) is 2.77. The van der Waals surface area contributed by atoms with Crippen LogP contribution in [0.2, 0.25) is 0 Å². The number of hydrogen-bond donors (Lipinski definition) is 1. The van der Waals surface area contributed by atoms with Gasteiger partial charge >= 0.3 is 0 Å². The molecule has 0 atom stereocenters. The molecule has 0 fully saturated rings. The largest absolute Gasteiger partial charge is 0.508 e. The van der Waals surface area contributed by atoms with Crippen molar-refractivity contribution in [3.05, 3.63) is 64.7 Å². The number of rotatable bonds is 1. The standard InChI is InChI=1S/C20H20O/c1-12-7-14(3)18-5-6-19(20(18)15(4)8-12)16-9-13(2)10-17(21)11-16/h5-11,21H,1-4H3. The van der Waals surface area contributed by atoms with Crippen molar-refractivity contribution in [2.24, 2.45) is 0 Å². The van der Waals surface area contributed by atoms with Gasteiger partial charge in [-0.2, -0.15) is 0 Å². The van der Waals surface area contributed by atoms with Crippen molar-refractivity contribution >= 4 is 0 Å². The number of phenolic OH excluding ortho intramolecular Hbond substituents is 1. The summed E-state index contributed by atoms with van der Waals surface area (Å²) < 4.78 is 0. The molecule has 0 bridgehead atoms. The van der Waals surface area contributed by atoms with Crippen LogP contribution in [0.1, 0.15) is 22.3 Å². The van der Waals surface area contributed by atoms with Crippen LogP contribution in [0.25, 0.3) is 22.3 Å². The molecule has 3 rings (SSSR count). The van der Waals surface area contributed by atoms with Crippen LogP contribution in [0.15, 0.2) is 42.5 Å². The van der Waals surface area contributed by atoms with Gasteiger partial charge in [-0.15, -0.1) is 0 Å². The fourth-order valence-electron chi connectivity index (χ4n) is 3.27. The highest BCUT2D eigenvalue weighted by atomic mass is 16.3. The van der Waals surface area contributed by atoms with Gasteiger partial charge in [0.2, 0.25) is 0 Å². The van der Waals surface area contributed by atoms with Crippen molar-refractivity contribution < 1.29 is 5.11 Å². The fraction of sp³-hybridized carbons (Fsp3) is 0.200. The monoisotopic (exact) mass is 276 g/mol. The smallest absolute Gasteiger partial charge is 0.116 e. The Balaban J connectivity index is 2.32. The maximum atomic E-state index is 9.88. The van der Waals surface area contributed by atoms with Crippen LogP contribution in [0, 0.1) is 27.7 Å². The summed E-state index contributed by atoms with van der Waals surface area (Å²) in [5.74, 6) is 0.324. The molecule has 1 nitrogen and oxygen atoms in total. The number of hydrogen-bond acceptors (Lipinski definition) is 1. The third-order valence-corrected chi connectivity index (χ3v) is 4.04. The molecule has 1 aromatic rings. The lowest BCUT2D eigenvalue weighted by Crippen LogP contribution is -1.84. The Morgan fingerprint density at radius 3 is 2.00 bits per heavy atom. The zero-order valence-corrected chi connectivity index (χ0v) is 13.0. The van der Waals surface area contributed by atoms with Crippen LogP contribution >= 0.6 is 0 Å². The molecule has 0 spiro atoms. The molecular formula is C20H20O. The van der Waals surface area contributed by atoms with Gasteiger partial charge in [-0.25, -0.2) is 0 Å². The molecule has 2 aliphatic rings. The van der Waals surface area contributed by atoms with E-state index in [2.05, 4.69) is 51.1 Å². The Morgan fingerprint density at radius 1 is 0.667 bits per heavy atom. The van der Waals surface area contributed by atoms with Crippen molar-refractivity contribution in [1.29, 1.82) is 0 Å². The van der Waals surface area contributed by atoms with Crippen molar-refractivity contribution in [3.8, 4) is 28.0 Å². The minimum atomic E-state index is 0.324. The third kappa shape index (κ3) is 2.40. The molecule has 2 aliphatic carbocycles. The van der Waals surface area contributed by atoms with Gasteiger partial charge < -0.3 is 5.11 Å². The van der Waals surface area contributed by atoms with Crippen molar-refractivity contribution in [2.45, 2.75) is 27.7 Å². The molecule has 0 aliphatic heterocycles.